The predicted octanol–water partition coefficient (Wildman–Crippen LogP) is 2.73. The molecule has 2 rings (SSSR count). The summed E-state index contributed by atoms with van der Waals surface area (Å²) >= 11 is 1.51. The third-order valence-corrected chi connectivity index (χ3v) is 3.26. The first-order valence-corrected chi connectivity index (χ1v) is 6.19. The van der Waals surface area contributed by atoms with E-state index in [2.05, 4.69) is 28.8 Å². The van der Waals surface area contributed by atoms with Gasteiger partial charge < -0.3 is 5.73 Å². The maximum atomic E-state index is 5.89. The summed E-state index contributed by atoms with van der Waals surface area (Å²) in [5, 5.41) is 1.79. The van der Waals surface area contributed by atoms with Crippen LogP contribution in [0.2, 0.25) is 0 Å². The van der Waals surface area contributed by atoms with Gasteiger partial charge in [0.1, 0.15) is 22.2 Å². The van der Waals surface area contributed by atoms with E-state index in [1.165, 1.54) is 18.1 Å². The molecule has 0 aromatic carbocycles. The molecule has 0 saturated carbocycles. The first kappa shape index (κ1) is 11.9. The van der Waals surface area contributed by atoms with Gasteiger partial charge in [0.25, 0.3) is 0 Å². The molecule has 88 valence electrons. The first-order valence-electron chi connectivity index (χ1n) is 5.37. The van der Waals surface area contributed by atoms with E-state index in [0.29, 0.717) is 11.7 Å². The molecule has 2 aromatic heterocycles. The standard InChI is InChI=1S/C12H14N4S/c1-8(2)10-11(13)15-7-16-12(10)17-9-5-3-4-6-14-9/h3-8H,1-2H3,(H2,13,15,16). The zero-order valence-corrected chi connectivity index (χ0v) is 10.6. The van der Waals surface area contributed by atoms with Crippen molar-refractivity contribution in [3.63, 3.8) is 0 Å². The minimum Gasteiger partial charge on any atom is -0.383 e. The van der Waals surface area contributed by atoms with Crippen molar-refractivity contribution >= 4 is 17.6 Å². The van der Waals surface area contributed by atoms with Crippen molar-refractivity contribution in [3.05, 3.63) is 36.3 Å². The molecule has 0 atom stereocenters. The molecule has 5 heteroatoms. The molecule has 0 spiro atoms. The van der Waals surface area contributed by atoms with Gasteiger partial charge >= 0.3 is 0 Å². The summed E-state index contributed by atoms with van der Waals surface area (Å²) in [6.45, 7) is 4.16. The lowest BCUT2D eigenvalue weighted by Gasteiger charge is -2.12. The molecular formula is C12H14N4S. The topological polar surface area (TPSA) is 64.7 Å². The highest BCUT2D eigenvalue weighted by molar-refractivity contribution is 7.99. The first-order chi connectivity index (χ1) is 8.18. The summed E-state index contributed by atoms with van der Waals surface area (Å²) in [4.78, 5) is 12.6. The Hall–Kier alpha value is -1.62. The van der Waals surface area contributed by atoms with Gasteiger partial charge in [-0.15, -0.1) is 0 Å². The van der Waals surface area contributed by atoms with E-state index in [0.717, 1.165) is 15.6 Å². The summed E-state index contributed by atoms with van der Waals surface area (Å²) in [5.74, 6) is 0.843. The van der Waals surface area contributed by atoms with Crippen LogP contribution in [0, 0.1) is 0 Å². The van der Waals surface area contributed by atoms with Gasteiger partial charge in [-0.1, -0.05) is 19.9 Å². The molecule has 0 aliphatic heterocycles. The second-order valence-corrected chi connectivity index (χ2v) is 4.91. The Bertz CT molecular complexity index is 499. The van der Waals surface area contributed by atoms with Gasteiger partial charge in [0.15, 0.2) is 0 Å². The lowest BCUT2D eigenvalue weighted by Crippen LogP contribution is -2.03. The summed E-state index contributed by atoms with van der Waals surface area (Å²) in [6.07, 6.45) is 3.26. The maximum absolute atomic E-state index is 5.89. The largest absolute Gasteiger partial charge is 0.383 e. The molecule has 0 radical (unpaired) electrons. The summed E-state index contributed by atoms with van der Waals surface area (Å²) in [6, 6.07) is 5.80. The van der Waals surface area contributed by atoms with E-state index in [4.69, 9.17) is 5.73 Å². The molecular weight excluding hydrogens is 232 g/mol. The zero-order chi connectivity index (χ0) is 12.3. The van der Waals surface area contributed by atoms with Gasteiger partial charge in [-0.2, -0.15) is 0 Å². The number of nitrogen functional groups attached to an aromatic ring is 1. The molecule has 0 bridgehead atoms. The van der Waals surface area contributed by atoms with E-state index >= 15 is 0 Å². The number of rotatable bonds is 3. The number of nitrogens with two attached hydrogens (primary N) is 1. The van der Waals surface area contributed by atoms with E-state index in [-0.39, 0.29) is 0 Å². The number of hydrogen-bond donors (Lipinski definition) is 1. The van der Waals surface area contributed by atoms with Crippen molar-refractivity contribution in [2.24, 2.45) is 0 Å². The van der Waals surface area contributed by atoms with Gasteiger partial charge in [0, 0.05) is 11.8 Å². The normalized spacial score (nSPS) is 10.8. The van der Waals surface area contributed by atoms with Crippen LogP contribution >= 0.6 is 11.8 Å². The van der Waals surface area contributed by atoms with Crippen molar-refractivity contribution < 1.29 is 0 Å². The molecule has 0 aliphatic carbocycles. The van der Waals surface area contributed by atoms with E-state index in [1.54, 1.807) is 6.20 Å². The predicted molar refractivity (Wildman–Crippen MR) is 68.9 cm³/mol. The third-order valence-electron chi connectivity index (χ3n) is 2.29. The van der Waals surface area contributed by atoms with Crippen molar-refractivity contribution in [2.45, 2.75) is 29.8 Å². The Balaban J connectivity index is 2.36. The molecule has 0 aliphatic rings. The van der Waals surface area contributed by atoms with Crippen LogP contribution in [-0.2, 0) is 0 Å². The monoisotopic (exact) mass is 246 g/mol. The van der Waals surface area contributed by atoms with Crippen LogP contribution in [0.3, 0.4) is 0 Å². The van der Waals surface area contributed by atoms with E-state index in [1.807, 2.05) is 18.2 Å². The van der Waals surface area contributed by atoms with Gasteiger partial charge in [-0.05, 0) is 29.8 Å². The van der Waals surface area contributed by atoms with Crippen LogP contribution in [0.5, 0.6) is 0 Å². The van der Waals surface area contributed by atoms with E-state index < -0.39 is 0 Å². The van der Waals surface area contributed by atoms with Crippen molar-refractivity contribution in [1.29, 1.82) is 0 Å². The van der Waals surface area contributed by atoms with Crippen molar-refractivity contribution in [3.8, 4) is 0 Å². The highest BCUT2D eigenvalue weighted by Crippen LogP contribution is 2.33. The van der Waals surface area contributed by atoms with Gasteiger partial charge in [-0.25, -0.2) is 15.0 Å². The van der Waals surface area contributed by atoms with Crippen LogP contribution in [0.15, 0.2) is 40.8 Å². The molecule has 17 heavy (non-hydrogen) atoms. The fourth-order valence-electron chi connectivity index (χ4n) is 1.52. The molecule has 4 nitrogen and oxygen atoms in total. The fraction of sp³-hybridized carbons (Fsp3) is 0.250. The van der Waals surface area contributed by atoms with E-state index in [9.17, 15) is 0 Å². The van der Waals surface area contributed by atoms with Crippen LogP contribution in [0.1, 0.15) is 25.3 Å². The minimum absolute atomic E-state index is 0.294. The van der Waals surface area contributed by atoms with Crippen LogP contribution in [-0.4, -0.2) is 15.0 Å². The van der Waals surface area contributed by atoms with Crippen LogP contribution < -0.4 is 5.73 Å². The number of nitrogens with zero attached hydrogens (tertiary/aromatic N) is 3. The lowest BCUT2D eigenvalue weighted by molar-refractivity contribution is 0.808. The quantitative estimate of drug-likeness (QED) is 0.843. The Morgan fingerprint density at radius 2 is 2.00 bits per heavy atom. The molecule has 2 N–H and O–H groups in total. The number of aromatic nitrogens is 3. The number of hydrogen-bond acceptors (Lipinski definition) is 5. The van der Waals surface area contributed by atoms with Crippen LogP contribution in [0.25, 0.3) is 0 Å². The summed E-state index contributed by atoms with van der Waals surface area (Å²) < 4.78 is 0. The third kappa shape index (κ3) is 2.74. The smallest absolute Gasteiger partial charge is 0.131 e. The van der Waals surface area contributed by atoms with Crippen LogP contribution in [0.4, 0.5) is 5.82 Å². The SMILES string of the molecule is CC(C)c1c(N)ncnc1Sc1ccccn1. The van der Waals surface area contributed by atoms with Gasteiger partial charge in [0.2, 0.25) is 0 Å². The Kier molecular flexibility index (Phi) is 3.58. The molecule has 2 aromatic rings. The lowest BCUT2D eigenvalue weighted by atomic mass is 10.1. The van der Waals surface area contributed by atoms with Crippen molar-refractivity contribution in [1.82, 2.24) is 15.0 Å². The molecule has 2 heterocycles. The summed E-state index contributed by atoms with van der Waals surface area (Å²) in [7, 11) is 0. The second-order valence-electron chi connectivity index (χ2n) is 3.90. The van der Waals surface area contributed by atoms with Gasteiger partial charge in [0.05, 0.1) is 0 Å². The average molecular weight is 246 g/mol. The number of pyridine rings is 1. The Labute approximate surface area is 105 Å². The Morgan fingerprint density at radius 3 is 2.65 bits per heavy atom. The summed E-state index contributed by atoms with van der Waals surface area (Å²) in [5.41, 5.74) is 6.88. The molecule has 0 amide bonds. The second kappa shape index (κ2) is 5.14. The highest BCUT2D eigenvalue weighted by Gasteiger charge is 2.14. The minimum atomic E-state index is 0.294. The number of anilines is 1. The molecule has 0 saturated heterocycles. The average Bonchev–Trinajstić information content (AvgIpc) is 2.30. The Morgan fingerprint density at radius 1 is 1.18 bits per heavy atom. The van der Waals surface area contributed by atoms with Crippen molar-refractivity contribution in [2.75, 3.05) is 5.73 Å². The maximum Gasteiger partial charge on any atom is 0.131 e. The molecule has 0 fully saturated rings. The highest BCUT2D eigenvalue weighted by atomic mass is 32.2. The van der Waals surface area contributed by atoms with Gasteiger partial charge in [-0.3, -0.25) is 0 Å². The molecule has 0 unspecified atom stereocenters. The zero-order valence-electron chi connectivity index (χ0n) is 9.79. The fourth-order valence-corrected chi connectivity index (χ4v) is 2.53.